The number of ether oxygens (including phenoxy) is 2. The second-order valence-corrected chi connectivity index (χ2v) is 7.94. The van der Waals surface area contributed by atoms with E-state index < -0.39 is 16.0 Å². The smallest absolute Gasteiger partial charge is 0.338 e. The van der Waals surface area contributed by atoms with Crippen LogP contribution in [0.3, 0.4) is 0 Å². The van der Waals surface area contributed by atoms with Crippen LogP contribution in [0.1, 0.15) is 28.9 Å². The molecule has 7 heteroatoms. The van der Waals surface area contributed by atoms with Crippen molar-refractivity contribution < 1.29 is 22.7 Å². The first-order chi connectivity index (χ1) is 12.5. The summed E-state index contributed by atoms with van der Waals surface area (Å²) >= 11 is 0. The Labute approximate surface area is 153 Å². The van der Waals surface area contributed by atoms with Crippen molar-refractivity contribution >= 4 is 16.0 Å². The van der Waals surface area contributed by atoms with Crippen molar-refractivity contribution in [2.75, 3.05) is 26.3 Å². The second-order valence-electron chi connectivity index (χ2n) is 6.00. The van der Waals surface area contributed by atoms with Crippen molar-refractivity contribution in [3.63, 3.8) is 0 Å². The van der Waals surface area contributed by atoms with Crippen LogP contribution < -0.4 is 0 Å². The highest BCUT2D eigenvalue weighted by molar-refractivity contribution is 7.89. The highest BCUT2D eigenvalue weighted by Gasteiger charge is 2.26. The standard InChI is InChI=1S/C19H21NO5S/c1-15(16-5-3-2-4-6-16)25-19(21)17-7-9-18(10-8-17)26(22,23)20-11-13-24-14-12-20/h2-10,15H,11-14H2,1H3/t15-/m1/s1. The van der Waals surface area contributed by atoms with Gasteiger partial charge in [-0.2, -0.15) is 4.31 Å². The molecule has 26 heavy (non-hydrogen) atoms. The molecule has 1 aliphatic heterocycles. The van der Waals surface area contributed by atoms with Gasteiger partial charge in [0.1, 0.15) is 6.10 Å². The Morgan fingerprint density at radius 3 is 2.27 bits per heavy atom. The fourth-order valence-electron chi connectivity index (χ4n) is 2.72. The number of carbonyl (C=O) groups is 1. The molecule has 138 valence electrons. The zero-order chi connectivity index (χ0) is 18.6. The van der Waals surface area contributed by atoms with Gasteiger partial charge in [-0.25, -0.2) is 13.2 Å². The van der Waals surface area contributed by atoms with Crippen LogP contribution in [0.2, 0.25) is 0 Å². The molecule has 0 amide bonds. The zero-order valence-electron chi connectivity index (χ0n) is 14.5. The van der Waals surface area contributed by atoms with Gasteiger partial charge >= 0.3 is 5.97 Å². The Balaban J connectivity index is 1.70. The Morgan fingerprint density at radius 1 is 1.04 bits per heavy atom. The van der Waals surface area contributed by atoms with Gasteiger partial charge in [0.2, 0.25) is 10.0 Å². The van der Waals surface area contributed by atoms with E-state index in [0.29, 0.717) is 31.9 Å². The first-order valence-electron chi connectivity index (χ1n) is 8.42. The molecule has 1 saturated heterocycles. The molecular weight excluding hydrogens is 354 g/mol. The Morgan fingerprint density at radius 2 is 1.65 bits per heavy atom. The molecule has 1 atom stereocenters. The molecule has 1 fully saturated rings. The topological polar surface area (TPSA) is 72.9 Å². The van der Waals surface area contributed by atoms with Gasteiger partial charge in [0, 0.05) is 13.1 Å². The van der Waals surface area contributed by atoms with E-state index >= 15 is 0 Å². The Hall–Kier alpha value is -2.22. The van der Waals surface area contributed by atoms with Crippen molar-refractivity contribution in [3.05, 3.63) is 65.7 Å². The van der Waals surface area contributed by atoms with Gasteiger partial charge in [-0.3, -0.25) is 0 Å². The summed E-state index contributed by atoms with van der Waals surface area (Å²) in [5.74, 6) is -0.489. The van der Waals surface area contributed by atoms with Crippen LogP contribution in [0, 0.1) is 0 Å². The monoisotopic (exact) mass is 375 g/mol. The molecule has 6 nitrogen and oxygen atoms in total. The molecule has 3 rings (SSSR count). The fourth-order valence-corrected chi connectivity index (χ4v) is 4.13. The SMILES string of the molecule is C[C@@H](OC(=O)c1ccc(S(=O)(=O)N2CCOCC2)cc1)c1ccccc1. The number of sulfonamides is 1. The minimum atomic E-state index is -3.57. The van der Waals surface area contributed by atoms with Crippen LogP contribution in [0.4, 0.5) is 0 Å². The minimum Gasteiger partial charge on any atom is -0.454 e. The molecule has 0 aliphatic carbocycles. The van der Waals surface area contributed by atoms with Crippen LogP contribution >= 0.6 is 0 Å². The van der Waals surface area contributed by atoms with Gasteiger partial charge in [0.05, 0.1) is 23.7 Å². The van der Waals surface area contributed by atoms with Gasteiger partial charge in [0.15, 0.2) is 0 Å². The first-order valence-corrected chi connectivity index (χ1v) is 9.86. The third-order valence-corrected chi connectivity index (χ3v) is 6.16. The molecule has 1 aliphatic rings. The van der Waals surface area contributed by atoms with Crippen molar-refractivity contribution in [2.24, 2.45) is 0 Å². The normalized spacial score (nSPS) is 16.8. The second kappa shape index (κ2) is 7.99. The number of rotatable bonds is 5. The number of hydrogen-bond acceptors (Lipinski definition) is 5. The van der Waals surface area contributed by atoms with E-state index in [1.807, 2.05) is 30.3 Å². The lowest BCUT2D eigenvalue weighted by atomic mass is 10.1. The number of morpholine rings is 1. The maximum Gasteiger partial charge on any atom is 0.338 e. The van der Waals surface area contributed by atoms with Gasteiger partial charge in [0.25, 0.3) is 0 Å². The van der Waals surface area contributed by atoms with E-state index in [0.717, 1.165) is 5.56 Å². The van der Waals surface area contributed by atoms with Gasteiger partial charge in [-0.15, -0.1) is 0 Å². The summed E-state index contributed by atoms with van der Waals surface area (Å²) in [6.07, 6.45) is -0.388. The fraction of sp³-hybridized carbons (Fsp3) is 0.316. The lowest BCUT2D eigenvalue weighted by Crippen LogP contribution is -2.40. The predicted octanol–water partition coefficient (Wildman–Crippen LogP) is 2.63. The van der Waals surface area contributed by atoms with Gasteiger partial charge < -0.3 is 9.47 Å². The number of benzene rings is 2. The lowest BCUT2D eigenvalue weighted by Gasteiger charge is -2.26. The number of esters is 1. The summed E-state index contributed by atoms with van der Waals surface area (Å²) in [6.45, 7) is 3.24. The summed E-state index contributed by atoms with van der Waals surface area (Å²) in [4.78, 5) is 12.5. The largest absolute Gasteiger partial charge is 0.454 e. The van der Waals surface area contributed by atoms with E-state index in [4.69, 9.17) is 9.47 Å². The van der Waals surface area contributed by atoms with E-state index in [1.54, 1.807) is 6.92 Å². The summed E-state index contributed by atoms with van der Waals surface area (Å²) in [5, 5.41) is 0. The molecule has 2 aromatic carbocycles. The van der Waals surface area contributed by atoms with Crippen LogP contribution in [0.5, 0.6) is 0 Å². The summed E-state index contributed by atoms with van der Waals surface area (Å²) in [5.41, 5.74) is 1.21. The van der Waals surface area contributed by atoms with Crippen molar-refractivity contribution in [1.82, 2.24) is 4.31 Å². The molecule has 2 aromatic rings. The zero-order valence-corrected chi connectivity index (χ0v) is 15.3. The van der Waals surface area contributed by atoms with E-state index in [1.165, 1.54) is 28.6 Å². The van der Waals surface area contributed by atoms with Gasteiger partial charge in [-0.05, 0) is 36.8 Å². The average Bonchev–Trinajstić information content (AvgIpc) is 2.69. The number of carbonyl (C=O) groups excluding carboxylic acids is 1. The van der Waals surface area contributed by atoms with Crippen LogP contribution in [0.25, 0.3) is 0 Å². The third-order valence-electron chi connectivity index (χ3n) is 4.25. The summed E-state index contributed by atoms with van der Waals surface area (Å²) in [7, 11) is -3.57. The molecule has 0 aromatic heterocycles. The molecule has 0 bridgehead atoms. The highest BCUT2D eigenvalue weighted by Crippen LogP contribution is 2.21. The maximum atomic E-state index is 12.6. The molecule has 0 saturated carbocycles. The minimum absolute atomic E-state index is 0.159. The van der Waals surface area contributed by atoms with Crippen molar-refractivity contribution in [1.29, 1.82) is 0 Å². The third kappa shape index (κ3) is 4.12. The number of nitrogens with zero attached hydrogens (tertiary/aromatic N) is 1. The molecule has 0 N–H and O–H groups in total. The molecule has 0 spiro atoms. The summed E-state index contributed by atoms with van der Waals surface area (Å²) < 4.78 is 37.2. The molecule has 0 unspecified atom stereocenters. The van der Waals surface area contributed by atoms with Crippen molar-refractivity contribution in [2.45, 2.75) is 17.9 Å². The highest BCUT2D eigenvalue weighted by atomic mass is 32.2. The summed E-state index contributed by atoms with van der Waals surface area (Å²) in [6, 6.07) is 15.3. The quantitative estimate of drug-likeness (QED) is 0.751. The van der Waals surface area contributed by atoms with E-state index in [2.05, 4.69) is 0 Å². The van der Waals surface area contributed by atoms with Crippen LogP contribution in [-0.2, 0) is 19.5 Å². The maximum absolute atomic E-state index is 12.6. The Kier molecular flexibility index (Phi) is 5.70. The van der Waals surface area contributed by atoms with Crippen LogP contribution in [-0.4, -0.2) is 45.0 Å². The molecule has 1 heterocycles. The first kappa shape index (κ1) is 18.6. The lowest BCUT2D eigenvalue weighted by molar-refractivity contribution is 0.0337. The van der Waals surface area contributed by atoms with E-state index in [-0.39, 0.29) is 11.0 Å². The predicted molar refractivity (Wildman–Crippen MR) is 96.3 cm³/mol. The molecular formula is C19H21NO5S. The Bertz CT molecular complexity index is 843. The molecule has 0 radical (unpaired) electrons. The number of hydrogen-bond donors (Lipinski definition) is 0. The van der Waals surface area contributed by atoms with Crippen LogP contribution in [0.15, 0.2) is 59.5 Å². The average molecular weight is 375 g/mol. The van der Waals surface area contributed by atoms with Gasteiger partial charge in [-0.1, -0.05) is 30.3 Å². The van der Waals surface area contributed by atoms with Crippen molar-refractivity contribution in [3.8, 4) is 0 Å². The van der Waals surface area contributed by atoms with E-state index in [9.17, 15) is 13.2 Å².